The molecule has 0 aromatic carbocycles. The zero-order valence-electron chi connectivity index (χ0n) is 13.3. The van der Waals surface area contributed by atoms with E-state index < -0.39 is 0 Å². The minimum Gasteiger partial charge on any atom is -0.308 e. The van der Waals surface area contributed by atoms with E-state index in [-0.39, 0.29) is 0 Å². The molecule has 1 heterocycles. The summed E-state index contributed by atoms with van der Waals surface area (Å²) in [6.45, 7) is 5.41. The third kappa shape index (κ3) is 4.62. The molecule has 0 amide bonds. The van der Waals surface area contributed by atoms with Crippen molar-refractivity contribution in [2.45, 2.75) is 90.3 Å². The highest BCUT2D eigenvalue weighted by atomic mass is 15.3. The lowest BCUT2D eigenvalue weighted by Crippen LogP contribution is -2.29. The lowest BCUT2D eigenvalue weighted by molar-refractivity contribution is 0.383. The zero-order chi connectivity index (χ0) is 14.2. The molecule has 0 saturated heterocycles. The Kier molecular flexibility index (Phi) is 6.58. The molecule has 2 rings (SSSR count). The van der Waals surface area contributed by atoms with E-state index in [0.717, 1.165) is 19.4 Å². The molecule has 114 valence electrons. The second kappa shape index (κ2) is 8.46. The Hall–Kier alpha value is -0.830. The number of nitrogens with one attached hydrogen (secondary N) is 1. The van der Waals surface area contributed by atoms with Gasteiger partial charge in [0.15, 0.2) is 0 Å². The standard InChI is InChI=1S/C17H31N3/c1-3-17(4-2)20-13-12-16(19-20)14-18-15-10-8-6-5-7-9-11-15/h12-13,15,17-18H,3-11,14H2,1-2H3. The molecule has 1 aromatic rings. The summed E-state index contributed by atoms with van der Waals surface area (Å²) in [5.41, 5.74) is 1.19. The van der Waals surface area contributed by atoms with Gasteiger partial charge in [-0.15, -0.1) is 0 Å². The van der Waals surface area contributed by atoms with Gasteiger partial charge in [0, 0.05) is 18.8 Å². The van der Waals surface area contributed by atoms with Crippen molar-refractivity contribution in [3.05, 3.63) is 18.0 Å². The smallest absolute Gasteiger partial charge is 0.0762 e. The molecule has 20 heavy (non-hydrogen) atoms. The zero-order valence-corrected chi connectivity index (χ0v) is 13.3. The molecule has 3 heteroatoms. The van der Waals surface area contributed by atoms with Gasteiger partial charge in [-0.2, -0.15) is 5.10 Å². The maximum atomic E-state index is 4.73. The van der Waals surface area contributed by atoms with Crippen LogP contribution >= 0.6 is 0 Å². The number of nitrogens with zero attached hydrogens (tertiary/aromatic N) is 2. The first kappa shape index (κ1) is 15.6. The Morgan fingerprint density at radius 1 is 1.15 bits per heavy atom. The van der Waals surface area contributed by atoms with Gasteiger partial charge in [-0.3, -0.25) is 4.68 Å². The van der Waals surface area contributed by atoms with Gasteiger partial charge in [0.05, 0.1) is 11.7 Å². The minimum atomic E-state index is 0.560. The highest BCUT2D eigenvalue weighted by Gasteiger charge is 2.12. The molecule has 3 nitrogen and oxygen atoms in total. The monoisotopic (exact) mass is 277 g/mol. The first-order valence-corrected chi connectivity index (χ1v) is 8.61. The summed E-state index contributed by atoms with van der Waals surface area (Å²) in [5.74, 6) is 0. The van der Waals surface area contributed by atoms with Gasteiger partial charge in [0.2, 0.25) is 0 Å². The van der Waals surface area contributed by atoms with Crippen molar-refractivity contribution in [1.82, 2.24) is 15.1 Å². The van der Waals surface area contributed by atoms with Crippen LogP contribution in [0.4, 0.5) is 0 Å². The summed E-state index contributed by atoms with van der Waals surface area (Å²) < 4.78 is 2.15. The predicted octanol–water partition coefficient (Wildman–Crippen LogP) is 4.45. The fraction of sp³-hybridized carbons (Fsp3) is 0.824. The molecule has 1 aliphatic rings. The molecular weight excluding hydrogens is 246 g/mol. The maximum Gasteiger partial charge on any atom is 0.0762 e. The molecule has 1 N–H and O–H groups in total. The fourth-order valence-electron chi connectivity index (χ4n) is 3.25. The van der Waals surface area contributed by atoms with Crippen LogP contribution in [0.15, 0.2) is 12.3 Å². The van der Waals surface area contributed by atoms with E-state index in [2.05, 4.69) is 36.1 Å². The lowest BCUT2D eigenvalue weighted by atomic mass is 9.97. The Bertz CT molecular complexity index is 360. The van der Waals surface area contributed by atoms with E-state index in [4.69, 9.17) is 5.10 Å². The van der Waals surface area contributed by atoms with Gasteiger partial charge in [0.1, 0.15) is 0 Å². The summed E-state index contributed by atoms with van der Waals surface area (Å²) >= 11 is 0. The second-order valence-electron chi connectivity index (χ2n) is 6.18. The van der Waals surface area contributed by atoms with Crippen molar-refractivity contribution in [3.8, 4) is 0 Å². The van der Waals surface area contributed by atoms with Gasteiger partial charge in [0.25, 0.3) is 0 Å². The topological polar surface area (TPSA) is 29.9 Å². The Balaban J connectivity index is 1.80. The molecule has 1 aromatic heterocycles. The van der Waals surface area contributed by atoms with Gasteiger partial charge in [-0.05, 0) is 31.7 Å². The van der Waals surface area contributed by atoms with Crippen LogP contribution in [0.1, 0.15) is 83.4 Å². The van der Waals surface area contributed by atoms with Crippen LogP contribution in [0.2, 0.25) is 0 Å². The van der Waals surface area contributed by atoms with Crippen molar-refractivity contribution >= 4 is 0 Å². The van der Waals surface area contributed by atoms with Crippen LogP contribution in [-0.4, -0.2) is 15.8 Å². The van der Waals surface area contributed by atoms with E-state index in [0.29, 0.717) is 12.1 Å². The summed E-state index contributed by atoms with van der Waals surface area (Å²) in [7, 11) is 0. The van der Waals surface area contributed by atoms with Crippen molar-refractivity contribution in [2.24, 2.45) is 0 Å². The van der Waals surface area contributed by atoms with Crippen molar-refractivity contribution in [2.75, 3.05) is 0 Å². The predicted molar refractivity (Wildman–Crippen MR) is 84.8 cm³/mol. The molecule has 0 aliphatic heterocycles. The van der Waals surface area contributed by atoms with E-state index in [1.165, 1.54) is 50.6 Å². The molecular formula is C17H31N3. The molecule has 1 saturated carbocycles. The average molecular weight is 277 g/mol. The summed E-state index contributed by atoms with van der Waals surface area (Å²) in [4.78, 5) is 0. The van der Waals surface area contributed by atoms with E-state index in [1.807, 2.05) is 0 Å². The van der Waals surface area contributed by atoms with Crippen LogP contribution in [0.3, 0.4) is 0 Å². The van der Waals surface area contributed by atoms with Gasteiger partial charge >= 0.3 is 0 Å². The summed E-state index contributed by atoms with van der Waals surface area (Å²) in [5, 5.41) is 8.45. The van der Waals surface area contributed by atoms with Crippen LogP contribution < -0.4 is 5.32 Å². The van der Waals surface area contributed by atoms with Crippen LogP contribution in [0, 0.1) is 0 Å². The van der Waals surface area contributed by atoms with Crippen LogP contribution in [-0.2, 0) is 6.54 Å². The Labute approximate surface area is 124 Å². The first-order valence-electron chi connectivity index (χ1n) is 8.61. The number of hydrogen-bond acceptors (Lipinski definition) is 2. The maximum absolute atomic E-state index is 4.73. The molecule has 0 spiro atoms. The van der Waals surface area contributed by atoms with Crippen molar-refractivity contribution < 1.29 is 0 Å². The summed E-state index contributed by atoms with van der Waals surface area (Å²) in [6, 6.07) is 3.44. The number of hydrogen-bond donors (Lipinski definition) is 1. The highest BCUT2D eigenvalue weighted by Crippen LogP contribution is 2.18. The second-order valence-corrected chi connectivity index (χ2v) is 6.18. The third-order valence-electron chi connectivity index (χ3n) is 4.66. The Morgan fingerprint density at radius 2 is 1.80 bits per heavy atom. The highest BCUT2D eigenvalue weighted by molar-refractivity contribution is 4.99. The van der Waals surface area contributed by atoms with Gasteiger partial charge in [-0.25, -0.2) is 0 Å². The molecule has 0 bridgehead atoms. The van der Waals surface area contributed by atoms with Crippen molar-refractivity contribution in [1.29, 1.82) is 0 Å². The normalized spacial score (nSPS) is 18.1. The quantitative estimate of drug-likeness (QED) is 0.832. The largest absolute Gasteiger partial charge is 0.308 e. The minimum absolute atomic E-state index is 0.560. The van der Waals surface area contributed by atoms with Crippen LogP contribution in [0.5, 0.6) is 0 Å². The van der Waals surface area contributed by atoms with Crippen LogP contribution in [0.25, 0.3) is 0 Å². The van der Waals surface area contributed by atoms with E-state index in [1.54, 1.807) is 0 Å². The molecule has 1 aliphatic carbocycles. The summed E-state index contributed by atoms with van der Waals surface area (Å²) in [6.07, 6.45) is 14.2. The van der Waals surface area contributed by atoms with Gasteiger partial charge < -0.3 is 5.32 Å². The van der Waals surface area contributed by atoms with Gasteiger partial charge in [-0.1, -0.05) is 46.0 Å². The Morgan fingerprint density at radius 3 is 2.45 bits per heavy atom. The fourth-order valence-corrected chi connectivity index (χ4v) is 3.25. The molecule has 0 atom stereocenters. The van der Waals surface area contributed by atoms with E-state index >= 15 is 0 Å². The molecule has 0 radical (unpaired) electrons. The first-order chi connectivity index (χ1) is 9.83. The average Bonchev–Trinajstić information content (AvgIpc) is 2.88. The number of aromatic nitrogens is 2. The van der Waals surface area contributed by atoms with Crippen molar-refractivity contribution in [3.63, 3.8) is 0 Å². The molecule has 1 fully saturated rings. The SMILES string of the molecule is CCC(CC)n1ccc(CNC2CCCCCCC2)n1. The number of rotatable bonds is 6. The van der Waals surface area contributed by atoms with E-state index in [9.17, 15) is 0 Å². The lowest BCUT2D eigenvalue weighted by Gasteiger charge is -2.20. The third-order valence-corrected chi connectivity index (χ3v) is 4.66. The molecule has 0 unspecified atom stereocenters.